The molecule has 2 heterocycles. The maximum Gasteiger partial charge on any atom is 0.394 e. The number of hydrogen-bond acceptors (Lipinski definition) is 12. The van der Waals surface area contributed by atoms with E-state index in [2.05, 4.69) is 9.72 Å². The summed E-state index contributed by atoms with van der Waals surface area (Å²) in [5, 5.41) is 0.964. The van der Waals surface area contributed by atoms with Crippen LogP contribution in [0.25, 0.3) is 10.9 Å². The van der Waals surface area contributed by atoms with Crippen molar-refractivity contribution in [3.8, 4) is 5.75 Å². The Bertz CT molecular complexity index is 1580. The number of ether oxygens (including phenoxy) is 6. The third kappa shape index (κ3) is 7.94. The van der Waals surface area contributed by atoms with Gasteiger partial charge in [-0.2, -0.15) is 8.78 Å². The molecule has 1 aromatic heterocycles. The van der Waals surface area contributed by atoms with Gasteiger partial charge in [-0.3, -0.25) is 19.3 Å². The van der Waals surface area contributed by atoms with Gasteiger partial charge in [0.25, 0.3) is 0 Å². The van der Waals surface area contributed by atoms with Crippen molar-refractivity contribution in [2.75, 3.05) is 12.0 Å². The molecular weight excluding hydrogens is 622 g/mol. The maximum atomic E-state index is 13.6. The summed E-state index contributed by atoms with van der Waals surface area (Å²) in [5.74, 6) is -3.62. The zero-order valence-electron chi connectivity index (χ0n) is 24.7. The molecule has 240 valence electrons. The first-order chi connectivity index (χ1) is 21.2. The molecule has 0 aliphatic carbocycles. The molecule has 4 rings (SSSR count). The highest BCUT2D eigenvalue weighted by Crippen LogP contribution is 2.39. The zero-order valence-corrected chi connectivity index (χ0v) is 25.4. The molecule has 0 N–H and O–H groups in total. The molecule has 15 heteroatoms. The number of methoxy groups -OCH3 is 1. The summed E-state index contributed by atoms with van der Waals surface area (Å²) < 4.78 is 59.3. The number of rotatable bonds is 9. The maximum absolute atomic E-state index is 13.6. The van der Waals surface area contributed by atoms with Gasteiger partial charge in [-0.25, -0.2) is 9.78 Å². The van der Waals surface area contributed by atoms with E-state index in [9.17, 15) is 28.0 Å². The molecule has 0 bridgehead atoms. The first-order valence-corrected chi connectivity index (χ1v) is 13.8. The molecule has 1 aliphatic heterocycles. The van der Waals surface area contributed by atoms with Crippen LogP contribution in [-0.2, 0) is 42.9 Å². The fourth-order valence-electron chi connectivity index (χ4n) is 4.83. The normalized spacial score (nSPS) is 21.4. The molecule has 2 aromatic carbocycles. The smallest absolute Gasteiger partial charge is 0.394 e. The number of pyridine rings is 1. The molecule has 5 atom stereocenters. The molecule has 1 fully saturated rings. The van der Waals surface area contributed by atoms with E-state index >= 15 is 0 Å². The van der Waals surface area contributed by atoms with Gasteiger partial charge in [-0.1, -0.05) is 23.7 Å². The van der Waals surface area contributed by atoms with Crippen molar-refractivity contribution in [3.05, 3.63) is 59.6 Å². The van der Waals surface area contributed by atoms with Crippen molar-refractivity contribution in [1.29, 1.82) is 0 Å². The van der Waals surface area contributed by atoms with Gasteiger partial charge in [0.2, 0.25) is 0 Å². The van der Waals surface area contributed by atoms with Gasteiger partial charge in [-0.15, -0.1) is 0 Å². The van der Waals surface area contributed by atoms with Gasteiger partial charge in [0.15, 0.2) is 30.6 Å². The molecule has 1 saturated heterocycles. The van der Waals surface area contributed by atoms with Crippen molar-refractivity contribution in [1.82, 2.24) is 4.98 Å². The van der Waals surface area contributed by atoms with Crippen molar-refractivity contribution >= 4 is 57.9 Å². The van der Waals surface area contributed by atoms with E-state index in [0.717, 1.165) is 27.9 Å². The number of aromatic nitrogens is 1. The molecule has 45 heavy (non-hydrogen) atoms. The van der Waals surface area contributed by atoms with Crippen LogP contribution in [0.5, 0.6) is 5.75 Å². The van der Waals surface area contributed by atoms with E-state index < -0.39 is 60.6 Å². The SMILES string of the molecule is COC(=O)[C@H]1O[C@@H](N(c2ccc(OC(C)(F)F)cc2)c2ccc3cccc(Cl)c3n2)[C@H](OC(C)=O)[C@@H](OC(C)=O)[C@@H]1OC(C)=O. The fraction of sp³-hybridized carbons (Fsp3) is 0.367. The summed E-state index contributed by atoms with van der Waals surface area (Å²) in [6, 6.07) is 13.7. The minimum absolute atomic E-state index is 0.128. The number of fused-ring (bicyclic) bond motifs is 1. The molecular formula is C30H29ClF2N2O10. The molecule has 12 nitrogen and oxygen atoms in total. The van der Waals surface area contributed by atoms with Crippen molar-refractivity contribution in [2.24, 2.45) is 0 Å². The molecule has 0 amide bonds. The second-order valence-corrected chi connectivity index (χ2v) is 10.4. The van der Waals surface area contributed by atoms with E-state index in [4.69, 9.17) is 35.3 Å². The lowest BCUT2D eigenvalue weighted by atomic mass is 9.95. The second kappa shape index (κ2) is 13.6. The van der Waals surface area contributed by atoms with Crippen LogP contribution in [0.3, 0.4) is 0 Å². The Hall–Kier alpha value is -4.56. The number of para-hydroxylation sites is 1. The number of nitrogens with zero attached hydrogens (tertiary/aromatic N) is 2. The summed E-state index contributed by atoms with van der Waals surface area (Å²) in [7, 11) is 1.07. The first kappa shape index (κ1) is 33.3. The van der Waals surface area contributed by atoms with E-state index in [1.807, 2.05) is 0 Å². The third-order valence-electron chi connectivity index (χ3n) is 6.42. The predicted molar refractivity (Wildman–Crippen MR) is 154 cm³/mol. The topological polar surface area (TPSA) is 140 Å². The summed E-state index contributed by atoms with van der Waals surface area (Å²) in [6.07, 6.45) is -11.5. The van der Waals surface area contributed by atoms with E-state index in [1.165, 1.54) is 29.2 Å². The monoisotopic (exact) mass is 650 g/mol. The van der Waals surface area contributed by atoms with Crippen LogP contribution < -0.4 is 9.64 Å². The van der Waals surface area contributed by atoms with Gasteiger partial charge >= 0.3 is 30.0 Å². The average Bonchev–Trinajstić information content (AvgIpc) is 2.95. The molecule has 0 unspecified atom stereocenters. The highest BCUT2D eigenvalue weighted by Gasteiger charge is 2.56. The van der Waals surface area contributed by atoms with Gasteiger partial charge < -0.3 is 28.4 Å². The second-order valence-electron chi connectivity index (χ2n) is 9.95. The zero-order chi connectivity index (χ0) is 33.1. The lowest BCUT2D eigenvalue weighted by molar-refractivity contribution is -0.247. The number of halogens is 3. The van der Waals surface area contributed by atoms with Crippen LogP contribution in [-0.4, -0.2) is 72.7 Å². The average molecular weight is 651 g/mol. The van der Waals surface area contributed by atoms with Crippen LogP contribution in [0.4, 0.5) is 20.3 Å². The number of carbonyl (C=O) groups is 4. The highest BCUT2D eigenvalue weighted by atomic mass is 35.5. The molecule has 0 spiro atoms. The Morgan fingerprint density at radius 2 is 1.47 bits per heavy atom. The Labute approximate surface area is 261 Å². The van der Waals surface area contributed by atoms with Crippen LogP contribution in [0, 0.1) is 0 Å². The Kier molecular flexibility index (Phi) is 10.1. The molecule has 0 saturated carbocycles. The quantitative estimate of drug-likeness (QED) is 0.234. The summed E-state index contributed by atoms with van der Waals surface area (Å²) in [4.78, 5) is 55.9. The largest absolute Gasteiger partial charge is 0.467 e. The standard InChI is InChI=1S/C30H29ClF2N2O10/c1-15(36)41-24-25(42-16(2)37)27(29(39)40-5)44-28(26(24)43-17(3)38)35(19-10-12-20(13-11-19)45-30(4,32)33)22-14-9-18-7-6-8-21(31)23(18)34-22/h6-14,24-28H,1-5H3/t24-,25-,26+,27-,28+/m0/s1. The Morgan fingerprint density at radius 3 is 2.04 bits per heavy atom. The van der Waals surface area contributed by atoms with Crippen LogP contribution in [0.2, 0.25) is 5.02 Å². The number of anilines is 2. The Morgan fingerprint density at radius 1 is 0.867 bits per heavy atom. The van der Waals surface area contributed by atoms with Crippen LogP contribution >= 0.6 is 11.6 Å². The summed E-state index contributed by atoms with van der Waals surface area (Å²) in [6.45, 7) is 3.80. The Balaban J connectivity index is 1.96. The number of alkyl halides is 2. The molecule has 1 aliphatic rings. The lowest BCUT2D eigenvalue weighted by Gasteiger charge is -2.47. The van der Waals surface area contributed by atoms with Crippen LogP contribution in [0.15, 0.2) is 54.6 Å². The van der Waals surface area contributed by atoms with Crippen LogP contribution in [0.1, 0.15) is 27.7 Å². The molecule has 3 aromatic rings. The van der Waals surface area contributed by atoms with Crippen molar-refractivity contribution in [2.45, 2.75) is 64.4 Å². The summed E-state index contributed by atoms with van der Waals surface area (Å²) >= 11 is 6.44. The van der Waals surface area contributed by atoms with E-state index in [0.29, 0.717) is 22.8 Å². The van der Waals surface area contributed by atoms with E-state index in [1.54, 1.807) is 30.3 Å². The summed E-state index contributed by atoms with van der Waals surface area (Å²) in [5.41, 5.74) is 0.588. The minimum Gasteiger partial charge on any atom is -0.467 e. The van der Waals surface area contributed by atoms with Gasteiger partial charge in [0.1, 0.15) is 11.6 Å². The lowest BCUT2D eigenvalue weighted by Crippen LogP contribution is -2.66. The minimum atomic E-state index is -3.47. The van der Waals surface area contributed by atoms with Gasteiger partial charge in [0, 0.05) is 38.8 Å². The van der Waals surface area contributed by atoms with Gasteiger partial charge in [0.05, 0.1) is 17.6 Å². The van der Waals surface area contributed by atoms with Crippen molar-refractivity contribution in [3.63, 3.8) is 0 Å². The third-order valence-corrected chi connectivity index (χ3v) is 6.73. The first-order valence-electron chi connectivity index (χ1n) is 13.4. The van der Waals surface area contributed by atoms with E-state index in [-0.39, 0.29) is 17.3 Å². The number of esters is 4. The van der Waals surface area contributed by atoms with Gasteiger partial charge in [-0.05, 0) is 42.5 Å². The molecule has 0 radical (unpaired) electrons. The van der Waals surface area contributed by atoms with Crippen molar-refractivity contribution < 1.29 is 56.4 Å². The number of benzene rings is 2. The number of carbonyl (C=O) groups excluding carboxylic acids is 4. The highest BCUT2D eigenvalue weighted by molar-refractivity contribution is 6.35. The predicted octanol–water partition coefficient (Wildman–Crippen LogP) is 4.71. The fourth-order valence-corrected chi connectivity index (χ4v) is 5.05. The number of hydrogen-bond donors (Lipinski definition) is 0.